The first-order chi connectivity index (χ1) is 18.2. The molecule has 0 aromatic heterocycles. The van der Waals surface area contributed by atoms with E-state index in [1.54, 1.807) is 62.6 Å². The molecular weight excluding hydrogens is 671 g/mol. The second-order valence-corrected chi connectivity index (χ2v) is 9.55. The molecule has 0 atom stereocenters. The summed E-state index contributed by atoms with van der Waals surface area (Å²) in [7, 11) is 3.38. The Hall–Kier alpha value is -2.96. The van der Waals surface area contributed by atoms with Crippen molar-refractivity contribution in [3.05, 3.63) is 58.6 Å². The molecule has 0 aliphatic carbocycles. The second kappa shape index (κ2) is 25.7. The van der Waals surface area contributed by atoms with Crippen molar-refractivity contribution in [3.63, 3.8) is 0 Å². The normalized spacial score (nSPS) is 8.81. The van der Waals surface area contributed by atoms with Gasteiger partial charge in [-0.05, 0) is 76.2 Å². The van der Waals surface area contributed by atoms with Gasteiger partial charge < -0.3 is 51.0 Å². The van der Waals surface area contributed by atoms with Crippen LogP contribution in [-0.2, 0) is 21.3 Å². The number of nitrogens with one attached hydrogen (secondary N) is 10. The summed E-state index contributed by atoms with van der Waals surface area (Å²) >= 11 is 11.5. The van der Waals surface area contributed by atoms with Crippen molar-refractivity contribution in [3.8, 4) is 0 Å². The number of rotatable bonds is 5. The number of guanidine groups is 4. The quantitative estimate of drug-likeness (QED) is 0.0746. The van der Waals surface area contributed by atoms with Crippen LogP contribution in [0.1, 0.15) is 27.7 Å². The zero-order valence-electron chi connectivity index (χ0n) is 24.0. The first-order valence-electron chi connectivity index (χ1n) is 11.8. The van der Waals surface area contributed by atoms with Gasteiger partial charge in [0.15, 0.2) is 23.8 Å². The minimum atomic E-state index is 0. The van der Waals surface area contributed by atoms with Crippen molar-refractivity contribution >= 4 is 64.8 Å². The Labute approximate surface area is 280 Å². The Kier molecular flexibility index (Phi) is 28.2. The average molecular weight is 710 g/mol. The number of benzene rings is 2. The number of halogens is 4. The van der Waals surface area contributed by atoms with Gasteiger partial charge in [0.05, 0.1) is 0 Å². The molecule has 17 heteroatoms. The molecule has 42 heavy (non-hydrogen) atoms. The largest absolute Gasteiger partial charge is 2.00 e. The molecular formula is C25H39Cl4N11NiO. The van der Waals surface area contributed by atoms with Crippen molar-refractivity contribution in [2.24, 2.45) is 0 Å². The third-order valence-corrected chi connectivity index (χ3v) is 4.31. The molecule has 0 heterocycles. The molecule has 2 rings (SSSR count). The van der Waals surface area contributed by atoms with Crippen LogP contribution in [0, 0.1) is 21.6 Å². The number of nitrogens with zero attached hydrogens (tertiary/aromatic N) is 1. The third kappa shape index (κ3) is 26.0. The van der Waals surface area contributed by atoms with Crippen LogP contribution < -0.4 is 56.7 Å². The molecule has 0 aliphatic heterocycles. The fraction of sp³-hybridized carbons (Fsp3) is 0.320. The van der Waals surface area contributed by atoms with E-state index < -0.39 is 0 Å². The molecule has 2 aromatic rings. The molecule has 0 saturated carbocycles. The summed E-state index contributed by atoms with van der Waals surface area (Å²) in [6, 6.07) is 14.3. The van der Waals surface area contributed by atoms with Gasteiger partial charge in [0.2, 0.25) is 6.41 Å². The predicted octanol–water partition coefficient (Wildman–Crippen LogP) is -1.87. The molecule has 0 radical (unpaired) electrons. The fourth-order valence-electron chi connectivity index (χ4n) is 2.32. The van der Waals surface area contributed by atoms with Crippen LogP contribution in [0.3, 0.4) is 0 Å². The van der Waals surface area contributed by atoms with Gasteiger partial charge in [-0.1, -0.05) is 23.2 Å². The Morgan fingerprint density at radius 1 is 0.667 bits per heavy atom. The number of carbonyl (C=O) groups is 1. The molecule has 0 fully saturated rings. The van der Waals surface area contributed by atoms with Crippen LogP contribution in [0.5, 0.6) is 0 Å². The van der Waals surface area contributed by atoms with E-state index >= 15 is 0 Å². The Morgan fingerprint density at radius 2 is 0.929 bits per heavy atom. The monoisotopic (exact) mass is 707 g/mol. The first-order valence-corrected chi connectivity index (χ1v) is 12.6. The SMILES string of the molecule is CC(C)NC(=N)NC(=N)Nc1ccc(Cl)cc1.CC(C)NC(=N)NC(=N)Nc1ccc(Cl)cc1.CN(C)C=O.[Cl-].[Cl-].[Ni+2]. The topological polar surface area (TPSA) is 188 Å². The predicted molar refractivity (Wildman–Crippen MR) is 164 cm³/mol. The van der Waals surface area contributed by atoms with Gasteiger partial charge in [-0.2, -0.15) is 0 Å². The van der Waals surface area contributed by atoms with Crippen molar-refractivity contribution < 1.29 is 46.1 Å². The zero-order chi connectivity index (χ0) is 30.0. The number of carbonyl (C=O) groups excluding carboxylic acids is 1. The number of amides is 1. The molecule has 238 valence electrons. The minimum Gasteiger partial charge on any atom is -1.00 e. The van der Waals surface area contributed by atoms with E-state index in [4.69, 9.17) is 44.8 Å². The van der Waals surface area contributed by atoms with E-state index in [2.05, 4.69) is 31.9 Å². The van der Waals surface area contributed by atoms with Crippen LogP contribution in [-0.4, -0.2) is 61.3 Å². The van der Waals surface area contributed by atoms with Gasteiger partial charge in [-0.15, -0.1) is 0 Å². The summed E-state index contributed by atoms with van der Waals surface area (Å²) in [6.45, 7) is 7.69. The Bertz CT molecular complexity index is 992. The van der Waals surface area contributed by atoms with E-state index in [0.29, 0.717) is 10.0 Å². The van der Waals surface area contributed by atoms with Crippen LogP contribution in [0.25, 0.3) is 0 Å². The van der Waals surface area contributed by atoms with Crippen molar-refractivity contribution in [1.82, 2.24) is 26.2 Å². The Balaban J connectivity index is -0.000000279. The van der Waals surface area contributed by atoms with Gasteiger partial charge in [-0.25, -0.2) is 0 Å². The minimum absolute atomic E-state index is 0. The molecule has 10 N–H and O–H groups in total. The summed E-state index contributed by atoms with van der Waals surface area (Å²) in [5.41, 5.74) is 1.48. The van der Waals surface area contributed by atoms with Crippen LogP contribution in [0.15, 0.2) is 48.5 Å². The van der Waals surface area contributed by atoms with Crippen LogP contribution in [0.4, 0.5) is 11.4 Å². The Morgan fingerprint density at radius 3 is 1.14 bits per heavy atom. The third-order valence-electron chi connectivity index (χ3n) is 3.80. The first kappa shape index (κ1) is 46.0. The van der Waals surface area contributed by atoms with Crippen molar-refractivity contribution in [2.45, 2.75) is 39.8 Å². The number of hydrogen-bond donors (Lipinski definition) is 10. The summed E-state index contributed by atoms with van der Waals surface area (Å²) < 4.78 is 0. The summed E-state index contributed by atoms with van der Waals surface area (Å²) in [5, 5.41) is 48.0. The zero-order valence-corrected chi connectivity index (χ0v) is 28.0. The summed E-state index contributed by atoms with van der Waals surface area (Å²) in [6.07, 6.45) is 0.750. The molecule has 0 saturated heterocycles. The standard InChI is InChI=1S/2C11H16ClN5.C3H7NO.2ClH.Ni/c2*1-7(2)15-10(13)17-11(14)16-9-5-3-8(12)4-6-9;1-4(2)3-5;;;/h2*3-7H,1-2H3,(H5,13,14,15,16,17);3H,1-2H3;2*1H;/q;;;;;+2/p-2. The molecule has 0 unspecified atom stereocenters. The number of anilines is 2. The maximum atomic E-state index is 9.43. The maximum Gasteiger partial charge on any atom is 2.00 e. The van der Waals surface area contributed by atoms with Crippen molar-refractivity contribution in [1.29, 1.82) is 21.6 Å². The van der Waals surface area contributed by atoms with Gasteiger partial charge in [0.1, 0.15) is 0 Å². The molecule has 1 amide bonds. The molecule has 0 aliphatic rings. The van der Waals surface area contributed by atoms with E-state index in [9.17, 15) is 4.79 Å². The smallest absolute Gasteiger partial charge is 1.00 e. The second-order valence-electron chi connectivity index (χ2n) is 8.68. The summed E-state index contributed by atoms with van der Waals surface area (Å²) in [5.74, 6) is 0.244. The van der Waals surface area contributed by atoms with E-state index in [1.165, 1.54) is 4.90 Å². The van der Waals surface area contributed by atoms with E-state index in [1.807, 2.05) is 27.7 Å². The van der Waals surface area contributed by atoms with Gasteiger partial charge in [0.25, 0.3) is 0 Å². The molecule has 12 nitrogen and oxygen atoms in total. The van der Waals surface area contributed by atoms with Crippen molar-refractivity contribution in [2.75, 3.05) is 24.7 Å². The van der Waals surface area contributed by atoms with E-state index in [0.717, 1.165) is 17.8 Å². The molecule has 2 aromatic carbocycles. The molecule has 0 spiro atoms. The van der Waals surface area contributed by atoms with Crippen LogP contribution in [0.2, 0.25) is 10.0 Å². The summed E-state index contributed by atoms with van der Waals surface area (Å²) in [4.78, 5) is 10.9. The van der Waals surface area contributed by atoms with E-state index in [-0.39, 0.29) is 77.2 Å². The average Bonchev–Trinajstić information content (AvgIpc) is 2.81. The maximum absolute atomic E-state index is 9.43. The van der Waals surface area contributed by atoms with Gasteiger partial charge >= 0.3 is 16.5 Å². The van der Waals surface area contributed by atoms with Crippen LogP contribution >= 0.6 is 23.2 Å². The van der Waals surface area contributed by atoms with Gasteiger partial charge in [0, 0.05) is 47.6 Å². The van der Waals surface area contributed by atoms with Gasteiger partial charge in [-0.3, -0.25) is 37.1 Å². The fourth-order valence-corrected chi connectivity index (χ4v) is 2.57. The molecule has 0 bridgehead atoms. The number of hydrogen-bond acceptors (Lipinski definition) is 5.